The summed E-state index contributed by atoms with van der Waals surface area (Å²) in [5.41, 5.74) is 8.68. The van der Waals surface area contributed by atoms with Crippen molar-refractivity contribution in [2.75, 3.05) is 6.61 Å². The van der Waals surface area contributed by atoms with Crippen molar-refractivity contribution in [2.24, 2.45) is 0 Å². The van der Waals surface area contributed by atoms with Gasteiger partial charge in [0.05, 0.1) is 23.4 Å². The fraction of sp³-hybridized carbons (Fsp3) is 0.229. The van der Waals surface area contributed by atoms with Crippen molar-refractivity contribution in [3.63, 3.8) is 0 Å². The van der Waals surface area contributed by atoms with Crippen LogP contribution >= 0.6 is 0 Å². The lowest BCUT2D eigenvalue weighted by atomic mass is 9.64. The van der Waals surface area contributed by atoms with E-state index < -0.39 is 5.41 Å². The summed E-state index contributed by atoms with van der Waals surface area (Å²) in [5.74, 6) is 0.672. The summed E-state index contributed by atoms with van der Waals surface area (Å²) < 4.78 is 11.2. The molecule has 5 heteroatoms. The zero-order valence-electron chi connectivity index (χ0n) is 22.9. The molecule has 0 unspecified atom stereocenters. The van der Waals surface area contributed by atoms with Gasteiger partial charge in [0.25, 0.3) is 0 Å². The van der Waals surface area contributed by atoms with Gasteiger partial charge in [-0.05, 0) is 55.5 Å². The number of carbonyl (C=O) groups is 1. The van der Waals surface area contributed by atoms with Gasteiger partial charge in [-0.1, -0.05) is 96.5 Å². The molecule has 2 heterocycles. The average Bonchev–Trinajstić information content (AvgIpc) is 3.33. The number of rotatable bonds is 8. The summed E-state index contributed by atoms with van der Waals surface area (Å²) in [4.78, 5) is 17.6. The van der Waals surface area contributed by atoms with E-state index in [9.17, 15) is 4.79 Å². The normalized spacial score (nSPS) is 13.9. The lowest BCUT2D eigenvalue weighted by Crippen LogP contribution is -2.43. The third-order valence-electron chi connectivity index (χ3n) is 8.01. The van der Waals surface area contributed by atoms with E-state index in [0.717, 1.165) is 75.5 Å². The Labute approximate surface area is 234 Å². The molecule has 0 amide bonds. The molecule has 1 aliphatic rings. The summed E-state index contributed by atoms with van der Waals surface area (Å²) >= 11 is 0. The first kappa shape index (κ1) is 25.8. The van der Waals surface area contributed by atoms with Gasteiger partial charge in [-0.2, -0.15) is 0 Å². The molecule has 1 fully saturated rings. The minimum atomic E-state index is -0.478. The largest absolute Gasteiger partial charge is 0.465 e. The van der Waals surface area contributed by atoms with Crippen molar-refractivity contribution in [3.8, 4) is 33.7 Å². The van der Waals surface area contributed by atoms with E-state index >= 15 is 0 Å². The molecule has 2 aromatic heterocycles. The van der Waals surface area contributed by atoms with Crippen molar-refractivity contribution in [3.05, 3.63) is 120 Å². The molecule has 6 rings (SSSR count). The fourth-order valence-electron chi connectivity index (χ4n) is 5.56. The number of aryl methyl sites for hydroxylation is 1. The Hall–Kier alpha value is -4.51. The van der Waals surface area contributed by atoms with Crippen molar-refractivity contribution in [1.82, 2.24) is 10.1 Å². The Morgan fingerprint density at radius 3 is 2.15 bits per heavy atom. The quantitative estimate of drug-likeness (QED) is 0.191. The van der Waals surface area contributed by atoms with E-state index in [-0.39, 0.29) is 5.97 Å². The van der Waals surface area contributed by atoms with Crippen LogP contribution in [0.1, 0.15) is 48.7 Å². The van der Waals surface area contributed by atoms with Crippen molar-refractivity contribution in [2.45, 2.75) is 44.9 Å². The number of esters is 1. The van der Waals surface area contributed by atoms with E-state index in [0.29, 0.717) is 13.0 Å². The number of pyridine rings is 1. The highest BCUT2D eigenvalue weighted by Gasteiger charge is 2.46. The predicted molar refractivity (Wildman–Crippen MR) is 157 cm³/mol. The molecule has 200 valence electrons. The molecule has 0 radical (unpaired) electrons. The first-order chi connectivity index (χ1) is 19.6. The van der Waals surface area contributed by atoms with Crippen LogP contribution in [0.2, 0.25) is 0 Å². The molecule has 5 nitrogen and oxygen atoms in total. The lowest BCUT2D eigenvalue weighted by Gasteiger charge is -2.39. The van der Waals surface area contributed by atoms with Crippen LogP contribution in [0.25, 0.3) is 33.7 Å². The summed E-state index contributed by atoms with van der Waals surface area (Å²) in [6.45, 7) is 4.25. The Morgan fingerprint density at radius 2 is 1.50 bits per heavy atom. The standard InChI is InChI=1S/C35H32N2O3/c1-3-39-34(38)35(21-8-22-35)29-19-17-26(18-20-29)25-13-15-28(16-14-25)33-31(24(2)37-40-33)23-30-11-7-12-32(36-30)27-9-5-4-6-10-27/h4-7,9-20H,3,8,21-23H2,1-2H3. The van der Waals surface area contributed by atoms with E-state index in [2.05, 4.69) is 65.8 Å². The molecule has 40 heavy (non-hydrogen) atoms. The number of aromatic nitrogens is 2. The second kappa shape index (κ2) is 10.9. The summed E-state index contributed by atoms with van der Waals surface area (Å²) in [6.07, 6.45) is 3.40. The number of hydrogen-bond donors (Lipinski definition) is 0. The van der Waals surface area contributed by atoms with Crippen LogP contribution in [-0.4, -0.2) is 22.7 Å². The van der Waals surface area contributed by atoms with Gasteiger partial charge in [0.2, 0.25) is 0 Å². The van der Waals surface area contributed by atoms with Gasteiger partial charge >= 0.3 is 5.97 Å². The SMILES string of the molecule is CCOC(=O)C1(c2ccc(-c3ccc(-c4onc(C)c4Cc4cccc(-c5ccccc5)n4)cc3)cc2)CCC1. The monoisotopic (exact) mass is 528 g/mol. The maximum atomic E-state index is 12.7. The van der Waals surface area contributed by atoms with Crippen LogP contribution in [0.15, 0.2) is 102 Å². The van der Waals surface area contributed by atoms with Crippen molar-refractivity contribution < 1.29 is 14.1 Å². The molecule has 1 aliphatic carbocycles. The third-order valence-corrected chi connectivity index (χ3v) is 8.01. The minimum Gasteiger partial charge on any atom is -0.465 e. The molecule has 3 aromatic carbocycles. The Morgan fingerprint density at radius 1 is 0.825 bits per heavy atom. The molecule has 0 atom stereocenters. The maximum absolute atomic E-state index is 12.7. The van der Waals surface area contributed by atoms with Gasteiger partial charge in [0.15, 0.2) is 5.76 Å². The first-order valence-electron chi connectivity index (χ1n) is 13.9. The van der Waals surface area contributed by atoms with Gasteiger partial charge in [-0.3, -0.25) is 9.78 Å². The number of ether oxygens (including phenoxy) is 1. The lowest BCUT2D eigenvalue weighted by molar-refractivity contribution is -0.153. The van der Waals surface area contributed by atoms with Crippen LogP contribution in [0, 0.1) is 6.92 Å². The molecule has 1 saturated carbocycles. The Balaban J connectivity index is 1.22. The van der Waals surface area contributed by atoms with E-state index in [1.165, 1.54) is 0 Å². The van der Waals surface area contributed by atoms with E-state index in [1.807, 2.05) is 50.2 Å². The smallest absolute Gasteiger partial charge is 0.316 e. The topological polar surface area (TPSA) is 65.2 Å². The van der Waals surface area contributed by atoms with Gasteiger partial charge in [0, 0.05) is 28.8 Å². The maximum Gasteiger partial charge on any atom is 0.316 e. The molecule has 5 aromatic rings. The van der Waals surface area contributed by atoms with E-state index in [1.54, 1.807) is 0 Å². The van der Waals surface area contributed by atoms with Crippen molar-refractivity contribution in [1.29, 1.82) is 0 Å². The van der Waals surface area contributed by atoms with Crippen LogP contribution < -0.4 is 0 Å². The second-order valence-electron chi connectivity index (χ2n) is 10.4. The Kier molecular flexibility index (Phi) is 7.04. The van der Waals surface area contributed by atoms with Gasteiger partial charge in [-0.25, -0.2) is 0 Å². The molecular formula is C35H32N2O3. The summed E-state index contributed by atoms with van der Waals surface area (Å²) in [5, 5.41) is 4.28. The number of hydrogen-bond acceptors (Lipinski definition) is 5. The van der Waals surface area contributed by atoms with Gasteiger partial charge in [-0.15, -0.1) is 0 Å². The third kappa shape index (κ3) is 4.84. The van der Waals surface area contributed by atoms with Gasteiger partial charge < -0.3 is 9.26 Å². The van der Waals surface area contributed by atoms with Crippen LogP contribution in [0.3, 0.4) is 0 Å². The number of carbonyl (C=O) groups excluding carboxylic acids is 1. The van der Waals surface area contributed by atoms with Crippen LogP contribution in [0.5, 0.6) is 0 Å². The number of benzene rings is 3. The molecule has 0 bridgehead atoms. The summed E-state index contributed by atoms with van der Waals surface area (Å²) in [7, 11) is 0. The zero-order valence-corrected chi connectivity index (χ0v) is 22.9. The average molecular weight is 529 g/mol. The minimum absolute atomic E-state index is 0.0986. The number of nitrogens with zero attached hydrogens (tertiary/aromatic N) is 2. The highest BCUT2D eigenvalue weighted by atomic mass is 16.5. The molecule has 0 saturated heterocycles. The van der Waals surface area contributed by atoms with Crippen LogP contribution in [-0.2, 0) is 21.4 Å². The zero-order chi connectivity index (χ0) is 27.5. The molecule has 0 aliphatic heterocycles. The molecule has 0 spiro atoms. The van der Waals surface area contributed by atoms with Gasteiger partial charge in [0.1, 0.15) is 0 Å². The Bertz CT molecular complexity index is 1620. The highest BCUT2D eigenvalue weighted by Crippen LogP contribution is 2.45. The molecular weight excluding hydrogens is 496 g/mol. The second-order valence-corrected chi connectivity index (χ2v) is 10.4. The highest BCUT2D eigenvalue weighted by molar-refractivity contribution is 5.84. The van der Waals surface area contributed by atoms with Crippen molar-refractivity contribution >= 4 is 5.97 Å². The first-order valence-corrected chi connectivity index (χ1v) is 13.9. The summed E-state index contributed by atoms with van der Waals surface area (Å²) in [6, 6.07) is 33.0. The van der Waals surface area contributed by atoms with Crippen LogP contribution in [0.4, 0.5) is 0 Å². The molecule has 0 N–H and O–H groups in total. The van der Waals surface area contributed by atoms with E-state index in [4.69, 9.17) is 14.2 Å². The predicted octanol–water partition coefficient (Wildman–Crippen LogP) is 7.95. The fourth-order valence-corrected chi connectivity index (χ4v) is 5.56.